The normalized spacial score (nSPS) is 16.2. The lowest BCUT2D eigenvalue weighted by Crippen LogP contribution is -2.39. The molecule has 4 heteroatoms. The lowest BCUT2D eigenvalue weighted by Gasteiger charge is -2.29. The zero-order valence-electron chi connectivity index (χ0n) is 12.0. The largest absolute Gasteiger partial charge is 0.444 e. The van der Waals surface area contributed by atoms with Crippen LogP contribution in [0.15, 0.2) is 17.5 Å². The minimum atomic E-state index is -0.425. The van der Waals surface area contributed by atoms with E-state index in [0.717, 1.165) is 13.0 Å². The summed E-state index contributed by atoms with van der Waals surface area (Å²) in [5.74, 6) is 0. The van der Waals surface area contributed by atoms with E-state index in [1.165, 1.54) is 16.0 Å². The Morgan fingerprint density at radius 3 is 2.63 bits per heavy atom. The van der Waals surface area contributed by atoms with Crippen LogP contribution < -0.4 is 0 Å². The molecule has 1 aliphatic heterocycles. The molecule has 0 spiro atoms. The van der Waals surface area contributed by atoms with Gasteiger partial charge in [-0.15, -0.1) is 11.3 Å². The first-order valence-electron chi connectivity index (χ1n) is 6.58. The molecule has 0 saturated heterocycles. The van der Waals surface area contributed by atoms with E-state index < -0.39 is 5.60 Å². The van der Waals surface area contributed by atoms with Gasteiger partial charge in [0.05, 0.1) is 0 Å². The van der Waals surface area contributed by atoms with E-state index in [4.69, 9.17) is 4.74 Å². The Morgan fingerprint density at radius 1 is 1.42 bits per heavy atom. The van der Waals surface area contributed by atoms with E-state index in [2.05, 4.69) is 24.4 Å². The van der Waals surface area contributed by atoms with E-state index in [-0.39, 0.29) is 6.09 Å². The molecule has 1 aliphatic rings. The van der Waals surface area contributed by atoms with Gasteiger partial charge in [-0.2, -0.15) is 0 Å². The van der Waals surface area contributed by atoms with Gasteiger partial charge in [0.2, 0.25) is 0 Å². The van der Waals surface area contributed by atoms with Crippen LogP contribution in [0.3, 0.4) is 0 Å². The second-order valence-electron chi connectivity index (χ2n) is 5.84. The molecular weight excluding hydrogens is 258 g/mol. The number of ether oxygens (including phenoxy) is 1. The van der Waals surface area contributed by atoms with Gasteiger partial charge in [-0.3, -0.25) is 0 Å². The molecule has 1 amide bonds. The number of carbonyl (C=O) groups excluding carboxylic acids is 1. The molecule has 2 heterocycles. The Bertz CT molecular complexity index is 496. The minimum Gasteiger partial charge on any atom is -0.444 e. The zero-order chi connectivity index (χ0) is 14.0. The fraction of sp³-hybridized carbons (Fsp3) is 0.533. The highest BCUT2D eigenvalue weighted by atomic mass is 32.1. The van der Waals surface area contributed by atoms with Crippen molar-refractivity contribution in [3.63, 3.8) is 0 Å². The monoisotopic (exact) mass is 279 g/mol. The maximum absolute atomic E-state index is 12.0. The molecule has 0 bridgehead atoms. The molecule has 1 aromatic rings. The molecule has 0 unspecified atom stereocenters. The van der Waals surface area contributed by atoms with Crippen LogP contribution in [-0.2, 0) is 4.74 Å². The summed E-state index contributed by atoms with van der Waals surface area (Å²) in [6.07, 6.45) is 2.83. The van der Waals surface area contributed by atoms with Gasteiger partial charge in [0.25, 0.3) is 0 Å². The molecule has 19 heavy (non-hydrogen) atoms. The quantitative estimate of drug-likeness (QED) is 0.775. The maximum atomic E-state index is 12.0. The smallest absolute Gasteiger partial charge is 0.410 e. The average Bonchev–Trinajstić information content (AvgIpc) is 2.73. The van der Waals surface area contributed by atoms with Crippen LogP contribution >= 0.6 is 11.3 Å². The first-order chi connectivity index (χ1) is 8.87. The van der Waals surface area contributed by atoms with Gasteiger partial charge in [0, 0.05) is 18.0 Å². The summed E-state index contributed by atoms with van der Waals surface area (Å²) < 4.78 is 5.39. The summed E-state index contributed by atoms with van der Waals surface area (Å²) in [5.41, 5.74) is 2.25. The van der Waals surface area contributed by atoms with Gasteiger partial charge < -0.3 is 9.64 Å². The van der Waals surface area contributed by atoms with Crippen molar-refractivity contribution < 1.29 is 9.53 Å². The number of rotatable bonds is 1. The standard InChI is InChI=1S/C15H21NO2S/c1-11-7-10-19-13(11)12-5-8-16(9-6-12)14(17)18-15(2,3)4/h5,7,10H,6,8-9H2,1-4H3. The number of nitrogens with zero attached hydrogens (tertiary/aromatic N) is 1. The molecule has 104 valence electrons. The molecule has 1 aromatic heterocycles. The fourth-order valence-electron chi connectivity index (χ4n) is 2.07. The average molecular weight is 279 g/mol. The van der Waals surface area contributed by atoms with Crippen molar-refractivity contribution in [3.8, 4) is 0 Å². The van der Waals surface area contributed by atoms with Crippen LogP contribution in [0, 0.1) is 6.92 Å². The third kappa shape index (κ3) is 3.60. The highest BCUT2D eigenvalue weighted by Gasteiger charge is 2.24. The van der Waals surface area contributed by atoms with E-state index in [1.54, 1.807) is 16.2 Å². The number of hydrogen-bond acceptors (Lipinski definition) is 3. The molecule has 0 saturated carbocycles. The van der Waals surface area contributed by atoms with Crippen molar-refractivity contribution >= 4 is 23.0 Å². The van der Waals surface area contributed by atoms with Crippen LogP contribution in [0.25, 0.3) is 5.57 Å². The highest BCUT2D eigenvalue weighted by molar-refractivity contribution is 7.11. The first kappa shape index (κ1) is 14.1. The van der Waals surface area contributed by atoms with Crippen molar-refractivity contribution in [2.45, 2.75) is 39.7 Å². The van der Waals surface area contributed by atoms with Crippen molar-refractivity contribution in [3.05, 3.63) is 28.0 Å². The lowest BCUT2D eigenvalue weighted by atomic mass is 10.0. The summed E-state index contributed by atoms with van der Waals surface area (Å²) >= 11 is 1.77. The van der Waals surface area contributed by atoms with Gasteiger partial charge in [0.1, 0.15) is 5.60 Å². The Morgan fingerprint density at radius 2 is 2.16 bits per heavy atom. The number of thiophene rings is 1. The highest BCUT2D eigenvalue weighted by Crippen LogP contribution is 2.29. The van der Waals surface area contributed by atoms with E-state index >= 15 is 0 Å². The summed E-state index contributed by atoms with van der Waals surface area (Å²) in [6, 6.07) is 2.14. The van der Waals surface area contributed by atoms with Crippen LogP contribution in [0.4, 0.5) is 4.79 Å². The number of amides is 1. The Hall–Kier alpha value is -1.29. The van der Waals surface area contributed by atoms with E-state index in [1.807, 2.05) is 20.8 Å². The van der Waals surface area contributed by atoms with E-state index in [9.17, 15) is 4.79 Å². The van der Waals surface area contributed by atoms with Crippen molar-refractivity contribution in [1.29, 1.82) is 0 Å². The van der Waals surface area contributed by atoms with Crippen LogP contribution in [0.5, 0.6) is 0 Å². The summed E-state index contributed by atoms with van der Waals surface area (Å²) in [7, 11) is 0. The molecule has 3 nitrogen and oxygen atoms in total. The van der Waals surface area contributed by atoms with Crippen LogP contribution in [0.1, 0.15) is 37.6 Å². The molecule has 0 aliphatic carbocycles. The van der Waals surface area contributed by atoms with Crippen molar-refractivity contribution in [2.24, 2.45) is 0 Å². The Labute approximate surface area is 118 Å². The fourth-order valence-corrected chi connectivity index (χ4v) is 3.07. The van der Waals surface area contributed by atoms with Crippen molar-refractivity contribution in [2.75, 3.05) is 13.1 Å². The maximum Gasteiger partial charge on any atom is 0.410 e. The number of carbonyl (C=O) groups is 1. The molecule has 0 radical (unpaired) electrons. The molecular formula is C15H21NO2S. The molecule has 0 fully saturated rings. The number of aryl methyl sites for hydroxylation is 1. The number of hydrogen-bond donors (Lipinski definition) is 0. The van der Waals surface area contributed by atoms with Gasteiger partial charge in [-0.05, 0) is 56.7 Å². The topological polar surface area (TPSA) is 29.5 Å². The molecule has 0 aromatic carbocycles. The van der Waals surface area contributed by atoms with Gasteiger partial charge >= 0.3 is 6.09 Å². The van der Waals surface area contributed by atoms with Crippen LogP contribution in [-0.4, -0.2) is 29.7 Å². The Balaban J connectivity index is 2.00. The SMILES string of the molecule is Cc1ccsc1C1=CCN(C(=O)OC(C)(C)C)CC1. The van der Waals surface area contributed by atoms with Gasteiger partial charge in [-0.25, -0.2) is 4.79 Å². The van der Waals surface area contributed by atoms with E-state index in [0.29, 0.717) is 6.54 Å². The van der Waals surface area contributed by atoms with Crippen LogP contribution in [0.2, 0.25) is 0 Å². The summed E-state index contributed by atoms with van der Waals surface area (Å²) in [4.78, 5) is 15.1. The molecule has 0 N–H and O–H groups in total. The Kier molecular flexibility index (Phi) is 3.99. The van der Waals surface area contributed by atoms with Crippen molar-refractivity contribution in [1.82, 2.24) is 4.90 Å². The summed E-state index contributed by atoms with van der Waals surface area (Å²) in [5, 5.41) is 2.12. The second kappa shape index (κ2) is 5.37. The lowest BCUT2D eigenvalue weighted by molar-refractivity contribution is 0.0270. The first-order valence-corrected chi connectivity index (χ1v) is 7.46. The molecule has 2 rings (SSSR count). The van der Waals surface area contributed by atoms with Gasteiger partial charge in [-0.1, -0.05) is 6.08 Å². The van der Waals surface area contributed by atoms with Gasteiger partial charge in [0.15, 0.2) is 0 Å². The zero-order valence-corrected chi connectivity index (χ0v) is 12.8. The second-order valence-corrected chi connectivity index (χ2v) is 6.75. The predicted octanol–water partition coefficient (Wildman–Crippen LogP) is 4.08. The molecule has 0 atom stereocenters. The minimum absolute atomic E-state index is 0.217. The third-order valence-corrected chi connectivity index (χ3v) is 4.11. The third-order valence-electron chi connectivity index (χ3n) is 3.01. The summed E-state index contributed by atoms with van der Waals surface area (Å²) in [6.45, 7) is 9.19. The predicted molar refractivity (Wildman–Crippen MR) is 79.5 cm³/mol.